The standard InChI is InChI=1S/C14H18N4O2/c1-4-20-13(19)14(2,3)18-9-16-12(17-18)10-6-5-7-11(15)8-10/h5-9H,4,15H2,1-3H3. The molecule has 2 N–H and O–H groups in total. The highest BCUT2D eigenvalue weighted by molar-refractivity contribution is 5.77. The highest BCUT2D eigenvalue weighted by atomic mass is 16.5. The highest BCUT2D eigenvalue weighted by Crippen LogP contribution is 2.21. The molecule has 0 bridgehead atoms. The largest absolute Gasteiger partial charge is 0.464 e. The van der Waals surface area contributed by atoms with Crippen LogP contribution in [0.5, 0.6) is 0 Å². The van der Waals surface area contributed by atoms with Gasteiger partial charge in [-0.2, -0.15) is 0 Å². The SMILES string of the molecule is CCOC(=O)C(C)(C)n1cnc(-c2cccc(N)c2)n1. The van der Waals surface area contributed by atoms with Gasteiger partial charge in [0.15, 0.2) is 11.4 Å². The Balaban J connectivity index is 2.31. The van der Waals surface area contributed by atoms with Crippen LogP contribution < -0.4 is 5.73 Å². The van der Waals surface area contributed by atoms with Crippen molar-refractivity contribution in [2.75, 3.05) is 12.3 Å². The molecule has 0 aliphatic carbocycles. The molecule has 0 aliphatic heterocycles. The molecular weight excluding hydrogens is 256 g/mol. The third-order valence-electron chi connectivity index (χ3n) is 2.98. The number of nitrogens with zero attached hydrogens (tertiary/aromatic N) is 3. The fraction of sp³-hybridized carbons (Fsp3) is 0.357. The molecule has 1 aromatic carbocycles. The van der Waals surface area contributed by atoms with Crippen molar-refractivity contribution in [3.63, 3.8) is 0 Å². The molecule has 20 heavy (non-hydrogen) atoms. The summed E-state index contributed by atoms with van der Waals surface area (Å²) >= 11 is 0. The second kappa shape index (κ2) is 5.32. The normalized spacial score (nSPS) is 11.3. The van der Waals surface area contributed by atoms with Gasteiger partial charge in [-0.25, -0.2) is 14.5 Å². The Kier molecular flexibility index (Phi) is 3.74. The number of hydrogen-bond acceptors (Lipinski definition) is 5. The van der Waals surface area contributed by atoms with Crippen molar-refractivity contribution in [1.82, 2.24) is 14.8 Å². The van der Waals surface area contributed by atoms with Gasteiger partial charge in [-0.1, -0.05) is 12.1 Å². The van der Waals surface area contributed by atoms with Crippen molar-refractivity contribution >= 4 is 11.7 Å². The minimum Gasteiger partial charge on any atom is -0.464 e. The van der Waals surface area contributed by atoms with Gasteiger partial charge < -0.3 is 10.5 Å². The zero-order valence-corrected chi connectivity index (χ0v) is 11.8. The summed E-state index contributed by atoms with van der Waals surface area (Å²) in [5.41, 5.74) is 6.29. The Morgan fingerprint density at radius 2 is 2.20 bits per heavy atom. The summed E-state index contributed by atoms with van der Waals surface area (Å²) in [5, 5.41) is 4.35. The Morgan fingerprint density at radius 3 is 2.85 bits per heavy atom. The lowest BCUT2D eigenvalue weighted by Crippen LogP contribution is -2.37. The fourth-order valence-corrected chi connectivity index (χ4v) is 1.74. The highest BCUT2D eigenvalue weighted by Gasteiger charge is 2.32. The molecule has 1 heterocycles. The van der Waals surface area contributed by atoms with E-state index in [9.17, 15) is 4.79 Å². The third-order valence-corrected chi connectivity index (χ3v) is 2.98. The first kappa shape index (κ1) is 14.0. The van der Waals surface area contributed by atoms with Crippen LogP contribution in [-0.2, 0) is 15.1 Å². The van der Waals surface area contributed by atoms with E-state index in [1.807, 2.05) is 12.1 Å². The summed E-state index contributed by atoms with van der Waals surface area (Å²) < 4.78 is 6.55. The number of nitrogen functional groups attached to an aromatic ring is 1. The van der Waals surface area contributed by atoms with Crippen LogP contribution in [0.15, 0.2) is 30.6 Å². The smallest absolute Gasteiger partial charge is 0.333 e. The number of carbonyl (C=O) groups is 1. The summed E-state index contributed by atoms with van der Waals surface area (Å²) in [5.74, 6) is 0.179. The molecule has 106 valence electrons. The average molecular weight is 274 g/mol. The van der Waals surface area contributed by atoms with Gasteiger partial charge in [0.05, 0.1) is 6.61 Å². The number of benzene rings is 1. The van der Waals surface area contributed by atoms with E-state index in [0.29, 0.717) is 18.1 Å². The van der Waals surface area contributed by atoms with Gasteiger partial charge in [0, 0.05) is 11.3 Å². The molecule has 0 aliphatic rings. The van der Waals surface area contributed by atoms with Crippen LogP contribution in [0, 0.1) is 0 Å². The van der Waals surface area contributed by atoms with Crippen LogP contribution in [0.1, 0.15) is 20.8 Å². The van der Waals surface area contributed by atoms with Gasteiger partial charge in [0.2, 0.25) is 0 Å². The van der Waals surface area contributed by atoms with Crippen molar-refractivity contribution in [3.8, 4) is 11.4 Å². The number of aromatic nitrogens is 3. The second-order valence-corrected chi connectivity index (χ2v) is 4.92. The number of ether oxygens (including phenoxy) is 1. The van der Waals surface area contributed by atoms with Gasteiger partial charge in [0.25, 0.3) is 0 Å². The van der Waals surface area contributed by atoms with E-state index in [2.05, 4.69) is 10.1 Å². The minimum absolute atomic E-state index is 0.332. The van der Waals surface area contributed by atoms with Crippen LogP contribution in [-0.4, -0.2) is 27.3 Å². The zero-order chi connectivity index (χ0) is 14.8. The predicted molar refractivity (Wildman–Crippen MR) is 75.8 cm³/mol. The summed E-state index contributed by atoms with van der Waals surface area (Å²) in [4.78, 5) is 16.2. The van der Waals surface area contributed by atoms with Gasteiger partial charge in [-0.15, -0.1) is 5.10 Å². The van der Waals surface area contributed by atoms with Crippen molar-refractivity contribution in [3.05, 3.63) is 30.6 Å². The van der Waals surface area contributed by atoms with Crippen LogP contribution >= 0.6 is 0 Å². The van der Waals surface area contributed by atoms with Crippen LogP contribution in [0.4, 0.5) is 5.69 Å². The molecule has 0 radical (unpaired) electrons. The van der Waals surface area contributed by atoms with E-state index >= 15 is 0 Å². The first-order valence-electron chi connectivity index (χ1n) is 6.40. The quantitative estimate of drug-likeness (QED) is 0.679. The number of carbonyl (C=O) groups excluding carboxylic acids is 1. The molecule has 0 unspecified atom stereocenters. The molecule has 0 saturated carbocycles. The third kappa shape index (κ3) is 2.64. The van der Waals surface area contributed by atoms with Gasteiger partial charge in [-0.3, -0.25) is 0 Å². The number of rotatable bonds is 4. The average Bonchev–Trinajstić information content (AvgIpc) is 2.89. The lowest BCUT2D eigenvalue weighted by Gasteiger charge is -2.21. The Morgan fingerprint density at radius 1 is 1.45 bits per heavy atom. The van der Waals surface area contributed by atoms with Crippen molar-refractivity contribution in [2.24, 2.45) is 0 Å². The molecule has 6 nitrogen and oxygen atoms in total. The van der Waals surface area contributed by atoms with Crippen molar-refractivity contribution < 1.29 is 9.53 Å². The minimum atomic E-state index is -0.901. The molecular formula is C14H18N4O2. The van der Waals surface area contributed by atoms with Gasteiger partial charge in [0.1, 0.15) is 6.33 Å². The Bertz CT molecular complexity index is 619. The van der Waals surface area contributed by atoms with Crippen LogP contribution in [0.2, 0.25) is 0 Å². The molecule has 1 aromatic heterocycles. The number of anilines is 1. The number of esters is 1. The van der Waals surface area contributed by atoms with Gasteiger partial charge in [-0.05, 0) is 32.9 Å². The van der Waals surface area contributed by atoms with Crippen LogP contribution in [0.3, 0.4) is 0 Å². The first-order chi connectivity index (χ1) is 9.45. The number of nitrogens with two attached hydrogens (primary N) is 1. The fourth-order valence-electron chi connectivity index (χ4n) is 1.74. The first-order valence-corrected chi connectivity index (χ1v) is 6.40. The summed E-state index contributed by atoms with van der Waals surface area (Å²) in [6, 6.07) is 7.29. The topological polar surface area (TPSA) is 83.0 Å². The number of hydrogen-bond donors (Lipinski definition) is 1. The molecule has 0 saturated heterocycles. The molecule has 6 heteroatoms. The van der Waals surface area contributed by atoms with E-state index in [1.165, 1.54) is 11.0 Å². The molecule has 2 rings (SSSR count). The molecule has 0 atom stereocenters. The maximum Gasteiger partial charge on any atom is 0.333 e. The lowest BCUT2D eigenvalue weighted by molar-refractivity contribution is -0.152. The Hall–Kier alpha value is -2.37. The van der Waals surface area contributed by atoms with E-state index in [-0.39, 0.29) is 5.97 Å². The van der Waals surface area contributed by atoms with Crippen molar-refractivity contribution in [1.29, 1.82) is 0 Å². The zero-order valence-electron chi connectivity index (χ0n) is 11.8. The van der Waals surface area contributed by atoms with E-state index in [1.54, 1.807) is 32.9 Å². The van der Waals surface area contributed by atoms with Gasteiger partial charge >= 0.3 is 5.97 Å². The van der Waals surface area contributed by atoms with Crippen molar-refractivity contribution in [2.45, 2.75) is 26.3 Å². The second-order valence-electron chi connectivity index (χ2n) is 4.92. The Labute approximate surface area is 117 Å². The summed E-state index contributed by atoms with van der Waals surface area (Å²) in [7, 11) is 0. The predicted octanol–water partition coefficient (Wildman–Crippen LogP) is 1.83. The molecule has 2 aromatic rings. The lowest BCUT2D eigenvalue weighted by atomic mass is 10.1. The monoisotopic (exact) mass is 274 g/mol. The molecule has 0 amide bonds. The maximum absolute atomic E-state index is 11.9. The summed E-state index contributed by atoms with van der Waals surface area (Å²) in [6.45, 7) is 5.58. The molecule has 0 fully saturated rings. The van der Waals surface area contributed by atoms with E-state index in [4.69, 9.17) is 10.5 Å². The van der Waals surface area contributed by atoms with E-state index in [0.717, 1.165) is 5.56 Å². The molecule has 0 spiro atoms. The maximum atomic E-state index is 11.9. The summed E-state index contributed by atoms with van der Waals surface area (Å²) in [6.07, 6.45) is 1.52. The van der Waals surface area contributed by atoms with E-state index < -0.39 is 5.54 Å². The van der Waals surface area contributed by atoms with Crippen LogP contribution in [0.25, 0.3) is 11.4 Å².